The summed E-state index contributed by atoms with van der Waals surface area (Å²) in [7, 11) is 8.98. The Hall–Kier alpha value is -1.52. The zero-order valence-electron chi connectivity index (χ0n) is 13.0. The Bertz CT molecular complexity index is 450. The molecular weight excluding hydrogens is 252 g/mol. The van der Waals surface area contributed by atoms with Gasteiger partial charge in [0.25, 0.3) is 0 Å². The first kappa shape index (κ1) is 14.9. The molecule has 20 heavy (non-hydrogen) atoms. The van der Waals surface area contributed by atoms with Gasteiger partial charge in [0, 0.05) is 0 Å². The predicted molar refractivity (Wildman–Crippen MR) is 78.8 cm³/mol. The average molecular weight is 278 g/mol. The maximum Gasteiger partial charge on any atom is 0.158 e. The van der Waals surface area contributed by atoms with Crippen molar-refractivity contribution in [1.29, 1.82) is 0 Å². The molecule has 0 fully saturated rings. The number of hydrogen-bond acceptors (Lipinski definition) is 2. The van der Waals surface area contributed by atoms with E-state index in [1.54, 1.807) is 12.5 Å². The van der Waals surface area contributed by atoms with Crippen LogP contribution in [0.15, 0.2) is 45.6 Å². The first-order chi connectivity index (χ1) is 9.36. The predicted octanol–water partition coefficient (Wildman–Crippen LogP) is 2.73. The maximum absolute atomic E-state index is 5.45. The molecular formula is C16H26N2O2+2. The second-order valence-electron chi connectivity index (χ2n) is 6.79. The number of hydrogen-bond donors (Lipinski definition) is 0. The summed E-state index contributed by atoms with van der Waals surface area (Å²) < 4.78 is 12.7. The van der Waals surface area contributed by atoms with Crippen LogP contribution in [-0.2, 0) is 13.1 Å². The molecule has 0 aromatic carbocycles. The minimum absolute atomic E-state index is 0.924. The van der Waals surface area contributed by atoms with Crippen molar-refractivity contribution in [3.63, 3.8) is 0 Å². The first-order valence-corrected chi connectivity index (χ1v) is 7.05. The van der Waals surface area contributed by atoms with Gasteiger partial charge >= 0.3 is 0 Å². The standard InChI is InChI=1S/C16H26N2O2/c1-17(2,13-15-7-5-11-19-15)9-10-18(3,4)14-16-8-6-12-20-16/h5-8,11-12H,9-10,13-14H2,1-4H3/q+2. The lowest BCUT2D eigenvalue weighted by Gasteiger charge is -2.34. The van der Waals surface area contributed by atoms with Crippen LogP contribution in [0.3, 0.4) is 0 Å². The summed E-state index contributed by atoms with van der Waals surface area (Å²) in [4.78, 5) is 0. The van der Waals surface area contributed by atoms with Crippen LogP contribution < -0.4 is 0 Å². The van der Waals surface area contributed by atoms with E-state index in [2.05, 4.69) is 28.2 Å². The molecule has 4 heteroatoms. The molecule has 0 aliphatic carbocycles. The summed E-state index contributed by atoms with van der Waals surface area (Å²) in [5.41, 5.74) is 0. The quantitative estimate of drug-likeness (QED) is 0.728. The van der Waals surface area contributed by atoms with E-state index in [9.17, 15) is 0 Å². The van der Waals surface area contributed by atoms with Gasteiger partial charge in [-0.05, 0) is 24.3 Å². The van der Waals surface area contributed by atoms with Gasteiger partial charge in [0.15, 0.2) is 11.5 Å². The maximum atomic E-state index is 5.45. The third-order valence-corrected chi connectivity index (χ3v) is 3.64. The van der Waals surface area contributed by atoms with Gasteiger partial charge in [0.05, 0.1) is 40.7 Å². The Balaban J connectivity index is 1.86. The van der Waals surface area contributed by atoms with Crippen molar-refractivity contribution < 1.29 is 17.8 Å². The summed E-state index contributed by atoms with van der Waals surface area (Å²) in [6.45, 7) is 4.03. The monoisotopic (exact) mass is 278 g/mol. The largest absolute Gasteiger partial charge is 0.463 e. The first-order valence-electron chi connectivity index (χ1n) is 7.05. The molecule has 0 radical (unpaired) electrons. The lowest BCUT2D eigenvalue weighted by atomic mass is 10.3. The molecule has 2 rings (SSSR count). The summed E-state index contributed by atoms with van der Waals surface area (Å²) in [6, 6.07) is 7.99. The van der Waals surface area contributed by atoms with Crippen molar-refractivity contribution in [1.82, 2.24) is 0 Å². The summed E-state index contributed by atoms with van der Waals surface area (Å²) in [6.07, 6.45) is 3.48. The third kappa shape index (κ3) is 4.54. The van der Waals surface area contributed by atoms with E-state index in [-0.39, 0.29) is 0 Å². The molecule has 4 nitrogen and oxygen atoms in total. The van der Waals surface area contributed by atoms with Crippen molar-refractivity contribution in [2.45, 2.75) is 13.1 Å². The van der Waals surface area contributed by atoms with Crippen LogP contribution in [0.2, 0.25) is 0 Å². The van der Waals surface area contributed by atoms with Crippen LogP contribution in [0.5, 0.6) is 0 Å². The minimum atomic E-state index is 0.924. The second kappa shape index (κ2) is 5.85. The molecule has 0 atom stereocenters. The second-order valence-corrected chi connectivity index (χ2v) is 6.79. The zero-order chi connectivity index (χ0) is 14.6. The number of furan rings is 2. The molecule has 0 N–H and O–H groups in total. The van der Waals surface area contributed by atoms with Crippen LogP contribution >= 0.6 is 0 Å². The lowest BCUT2D eigenvalue weighted by molar-refractivity contribution is -0.959. The molecule has 2 aromatic heterocycles. The van der Waals surface area contributed by atoms with Crippen LogP contribution in [-0.4, -0.2) is 50.2 Å². The molecule has 2 aromatic rings. The van der Waals surface area contributed by atoms with Crippen molar-refractivity contribution >= 4 is 0 Å². The average Bonchev–Trinajstić information content (AvgIpc) is 2.99. The SMILES string of the molecule is C[N+](C)(CC[N+](C)(C)Cc1ccco1)Cc1ccco1. The Labute approximate surface area is 121 Å². The zero-order valence-corrected chi connectivity index (χ0v) is 13.0. The molecule has 0 amide bonds. The summed E-state index contributed by atoms with van der Waals surface area (Å²) in [5, 5.41) is 0. The van der Waals surface area contributed by atoms with Crippen molar-refractivity contribution in [2.75, 3.05) is 41.3 Å². The normalized spacial score (nSPS) is 12.8. The number of nitrogens with zero attached hydrogens (tertiary/aromatic N) is 2. The van der Waals surface area contributed by atoms with Gasteiger partial charge in [0.2, 0.25) is 0 Å². The molecule has 0 spiro atoms. The third-order valence-electron chi connectivity index (χ3n) is 3.64. The van der Waals surface area contributed by atoms with Gasteiger partial charge < -0.3 is 17.8 Å². The van der Waals surface area contributed by atoms with E-state index in [1.165, 1.54) is 0 Å². The lowest BCUT2D eigenvalue weighted by Crippen LogP contribution is -2.49. The van der Waals surface area contributed by atoms with Crippen LogP contribution in [0.25, 0.3) is 0 Å². The smallest absolute Gasteiger partial charge is 0.158 e. The van der Waals surface area contributed by atoms with Crippen LogP contribution in [0, 0.1) is 0 Å². The molecule has 110 valence electrons. The van der Waals surface area contributed by atoms with Crippen LogP contribution in [0.4, 0.5) is 0 Å². The van der Waals surface area contributed by atoms with Crippen LogP contribution in [0.1, 0.15) is 11.5 Å². The van der Waals surface area contributed by atoms with Crippen molar-refractivity contribution in [3.8, 4) is 0 Å². The van der Waals surface area contributed by atoms with Crippen molar-refractivity contribution in [2.24, 2.45) is 0 Å². The Morgan fingerprint density at radius 1 is 0.750 bits per heavy atom. The van der Waals surface area contributed by atoms with Crippen molar-refractivity contribution in [3.05, 3.63) is 48.3 Å². The highest BCUT2D eigenvalue weighted by Crippen LogP contribution is 2.13. The number of quaternary nitrogens is 2. The topological polar surface area (TPSA) is 26.3 Å². The van der Waals surface area contributed by atoms with E-state index < -0.39 is 0 Å². The van der Waals surface area contributed by atoms with Gasteiger partial charge in [-0.2, -0.15) is 0 Å². The fourth-order valence-electron chi connectivity index (χ4n) is 2.35. The molecule has 0 saturated carbocycles. The number of likely N-dealkylation sites (N-methyl/N-ethyl adjacent to an activating group) is 2. The highest BCUT2D eigenvalue weighted by Gasteiger charge is 2.25. The van der Waals surface area contributed by atoms with E-state index >= 15 is 0 Å². The molecule has 0 saturated heterocycles. The van der Waals surface area contributed by atoms with E-state index in [4.69, 9.17) is 8.83 Å². The Kier molecular flexibility index (Phi) is 4.35. The van der Waals surface area contributed by atoms with Gasteiger partial charge in [-0.3, -0.25) is 0 Å². The fourth-order valence-corrected chi connectivity index (χ4v) is 2.35. The molecule has 0 bridgehead atoms. The van der Waals surface area contributed by atoms with E-state index in [0.717, 1.165) is 46.7 Å². The minimum Gasteiger partial charge on any atom is -0.463 e. The van der Waals surface area contributed by atoms with E-state index in [1.807, 2.05) is 24.3 Å². The Morgan fingerprint density at radius 3 is 1.45 bits per heavy atom. The number of rotatable bonds is 7. The Morgan fingerprint density at radius 2 is 1.15 bits per heavy atom. The van der Waals surface area contributed by atoms with Gasteiger partial charge in [-0.25, -0.2) is 0 Å². The fraction of sp³-hybridized carbons (Fsp3) is 0.500. The highest BCUT2D eigenvalue weighted by molar-refractivity contribution is 4.96. The molecule has 0 aliphatic heterocycles. The summed E-state index contributed by atoms with van der Waals surface area (Å²) >= 11 is 0. The van der Waals surface area contributed by atoms with Gasteiger partial charge in [0.1, 0.15) is 26.2 Å². The van der Waals surface area contributed by atoms with Gasteiger partial charge in [-0.1, -0.05) is 0 Å². The molecule has 0 unspecified atom stereocenters. The molecule has 0 aliphatic rings. The van der Waals surface area contributed by atoms with Gasteiger partial charge in [-0.15, -0.1) is 0 Å². The molecule has 2 heterocycles. The van der Waals surface area contributed by atoms with E-state index in [0.29, 0.717) is 0 Å². The highest BCUT2D eigenvalue weighted by atomic mass is 16.3. The summed E-state index contributed by atoms with van der Waals surface area (Å²) in [5.74, 6) is 2.10.